The third-order valence-electron chi connectivity index (χ3n) is 4.42. The lowest BCUT2D eigenvalue weighted by Crippen LogP contribution is -2.45. The molecule has 1 atom stereocenters. The number of halogens is 1. The van der Waals surface area contributed by atoms with Gasteiger partial charge in [-0.3, -0.25) is 4.79 Å². The SMILES string of the molecule is CN(C)C(=O)CN=C(NCC1CCCCO1)N(C)CCOc1ccccc1.I. The van der Waals surface area contributed by atoms with Gasteiger partial charge in [0.05, 0.1) is 12.6 Å². The van der Waals surface area contributed by atoms with E-state index in [1.54, 1.807) is 19.0 Å². The Labute approximate surface area is 185 Å². The molecule has 0 spiro atoms. The smallest absolute Gasteiger partial charge is 0.243 e. The maximum absolute atomic E-state index is 11.9. The monoisotopic (exact) mass is 504 g/mol. The normalized spacial score (nSPS) is 16.7. The van der Waals surface area contributed by atoms with Gasteiger partial charge in [0.2, 0.25) is 5.91 Å². The molecule has 2 rings (SSSR count). The zero-order valence-corrected chi connectivity index (χ0v) is 19.4. The Morgan fingerprint density at radius 3 is 2.64 bits per heavy atom. The summed E-state index contributed by atoms with van der Waals surface area (Å²) in [7, 11) is 5.42. The van der Waals surface area contributed by atoms with Crippen molar-refractivity contribution in [3.8, 4) is 5.75 Å². The Hall–Kier alpha value is -1.55. The number of benzene rings is 1. The first-order chi connectivity index (χ1) is 13.1. The Kier molecular flexibility index (Phi) is 11.9. The van der Waals surface area contributed by atoms with E-state index in [1.165, 1.54) is 6.42 Å². The number of ether oxygens (including phenoxy) is 2. The average Bonchev–Trinajstić information content (AvgIpc) is 2.69. The molecule has 7 nitrogen and oxygen atoms in total. The quantitative estimate of drug-likeness (QED) is 0.334. The lowest BCUT2D eigenvalue weighted by atomic mass is 10.1. The maximum Gasteiger partial charge on any atom is 0.243 e. The molecule has 8 heteroatoms. The van der Waals surface area contributed by atoms with Crippen molar-refractivity contribution in [3.05, 3.63) is 30.3 Å². The largest absolute Gasteiger partial charge is 0.492 e. The number of nitrogens with one attached hydrogen (secondary N) is 1. The van der Waals surface area contributed by atoms with E-state index < -0.39 is 0 Å². The molecule has 1 aromatic carbocycles. The molecular formula is C20H33IN4O3. The van der Waals surface area contributed by atoms with Crippen molar-refractivity contribution in [1.29, 1.82) is 0 Å². The van der Waals surface area contributed by atoms with Crippen LogP contribution in [0.4, 0.5) is 0 Å². The summed E-state index contributed by atoms with van der Waals surface area (Å²) in [6.45, 7) is 2.81. The number of guanidine groups is 1. The zero-order valence-electron chi connectivity index (χ0n) is 17.1. The molecule has 1 N–H and O–H groups in total. The second-order valence-electron chi connectivity index (χ2n) is 6.88. The summed E-state index contributed by atoms with van der Waals surface area (Å²) in [6.07, 6.45) is 3.57. The van der Waals surface area contributed by atoms with Gasteiger partial charge in [-0.25, -0.2) is 4.99 Å². The molecular weight excluding hydrogens is 471 g/mol. The third kappa shape index (κ3) is 9.09. The van der Waals surface area contributed by atoms with Crippen LogP contribution in [0.25, 0.3) is 0 Å². The Bertz CT molecular complexity index is 592. The molecule has 0 aromatic heterocycles. The van der Waals surface area contributed by atoms with E-state index >= 15 is 0 Å². The minimum Gasteiger partial charge on any atom is -0.492 e. The number of amides is 1. The van der Waals surface area contributed by atoms with E-state index in [0.29, 0.717) is 25.7 Å². The van der Waals surface area contributed by atoms with Crippen LogP contribution in [0.15, 0.2) is 35.3 Å². The number of hydrogen-bond acceptors (Lipinski definition) is 4. The van der Waals surface area contributed by atoms with Crippen molar-refractivity contribution in [1.82, 2.24) is 15.1 Å². The first-order valence-corrected chi connectivity index (χ1v) is 9.55. The van der Waals surface area contributed by atoms with Gasteiger partial charge in [-0.15, -0.1) is 24.0 Å². The Morgan fingerprint density at radius 2 is 2.00 bits per heavy atom. The summed E-state index contributed by atoms with van der Waals surface area (Å²) >= 11 is 0. The van der Waals surface area contributed by atoms with Crippen molar-refractivity contribution in [2.24, 2.45) is 4.99 Å². The lowest BCUT2D eigenvalue weighted by molar-refractivity contribution is -0.127. The van der Waals surface area contributed by atoms with Crippen LogP contribution in [0.2, 0.25) is 0 Å². The molecule has 0 saturated carbocycles. The first-order valence-electron chi connectivity index (χ1n) is 9.55. The molecule has 0 aliphatic carbocycles. The molecule has 28 heavy (non-hydrogen) atoms. The van der Waals surface area contributed by atoms with Crippen LogP contribution in [0.3, 0.4) is 0 Å². The summed E-state index contributed by atoms with van der Waals surface area (Å²) in [5.41, 5.74) is 0. The van der Waals surface area contributed by atoms with Gasteiger partial charge in [-0.1, -0.05) is 18.2 Å². The predicted octanol–water partition coefficient (Wildman–Crippen LogP) is 2.22. The van der Waals surface area contributed by atoms with Gasteiger partial charge in [0.15, 0.2) is 5.96 Å². The second kappa shape index (κ2) is 13.6. The van der Waals surface area contributed by atoms with E-state index in [4.69, 9.17) is 9.47 Å². The van der Waals surface area contributed by atoms with Crippen molar-refractivity contribution >= 4 is 35.8 Å². The fourth-order valence-electron chi connectivity index (χ4n) is 2.69. The van der Waals surface area contributed by atoms with Gasteiger partial charge in [-0.05, 0) is 31.4 Å². The number of likely N-dealkylation sites (N-methyl/N-ethyl adjacent to an activating group) is 2. The van der Waals surface area contributed by atoms with E-state index in [-0.39, 0.29) is 42.5 Å². The van der Waals surface area contributed by atoms with Crippen molar-refractivity contribution in [2.45, 2.75) is 25.4 Å². The van der Waals surface area contributed by atoms with Gasteiger partial charge >= 0.3 is 0 Å². The summed E-state index contributed by atoms with van der Waals surface area (Å²) in [4.78, 5) is 19.9. The molecule has 0 bridgehead atoms. The summed E-state index contributed by atoms with van der Waals surface area (Å²) in [5.74, 6) is 1.50. The molecule has 1 saturated heterocycles. The van der Waals surface area contributed by atoms with Crippen LogP contribution in [-0.4, -0.2) is 81.8 Å². The van der Waals surface area contributed by atoms with Gasteiger partial charge in [0, 0.05) is 34.3 Å². The Morgan fingerprint density at radius 1 is 1.25 bits per heavy atom. The highest BCUT2D eigenvalue weighted by Gasteiger charge is 2.16. The number of rotatable bonds is 8. The fourth-order valence-corrected chi connectivity index (χ4v) is 2.69. The van der Waals surface area contributed by atoms with Crippen LogP contribution in [0, 0.1) is 0 Å². The van der Waals surface area contributed by atoms with Crippen LogP contribution in [0.1, 0.15) is 19.3 Å². The van der Waals surface area contributed by atoms with Gasteiger partial charge in [0.25, 0.3) is 0 Å². The molecule has 1 amide bonds. The van der Waals surface area contributed by atoms with E-state index in [9.17, 15) is 4.79 Å². The van der Waals surface area contributed by atoms with Crippen LogP contribution >= 0.6 is 24.0 Å². The van der Waals surface area contributed by atoms with Crippen molar-refractivity contribution in [2.75, 3.05) is 54.0 Å². The molecule has 1 heterocycles. The van der Waals surface area contributed by atoms with E-state index in [2.05, 4.69) is 10.3 Å². The highest BCUT2D eigenvalue weighted by Crippen LogP contribution is 2.12. The summed E-state index contributed by atoms with van der Waals surface area (Å²) in [6, 6.07) is 9.73. The highest BCUT2D eigenvalue weighted by atomic mass is 127. The number of carbonyl (C=O) groups excluding carboxylic acids is 1. The minimum absolute atomic E-state index is 0. The number of aliphatic imine (C=N–C) groups is 1. The number of nitrogens with zero attached hydrogens (tertiary/aromatic N) is 3. The molecule has 0 radical (unpaired) electrons. The van der Waals surface area contributed by atoms with Gasteiger partial charge in [0.1, 0.15) is 18.9 Å². The standard InChI is InChI=1S/C20H32N4O3.HI/c1-23(2)19(25)16-22-20(21-15-18-11-7-8-13-26-18)24(3)12-14-27-17-9-5-4-6-10-17;/h4-6,9-10,18H,7-8,11-16H2,1-3H3,(H,21,22);1H. The van der Waals surface area contributed by atoms with E-state index in [1.807, 2.05) is 42.3 Å². The third-order valence-corrected chi connectivity index (χ3v) is 4.42. The number of para-hydroxylation sites is 1. The topological polar surface area (TPSA) is 66.4 Å². The average molecular weight is 504 g/mol. The summed E-state index contributed by atoms with van der Waals surface area (Å²) < 4.78 is 11.5. The van der Waals surface area contributed by atoms with Crippen LogP contribution < -0.4 is 10.1 Å². The van der Waals surface area contributed by atoms with Crippen LogP contribution in [0.5, 0.6) is 5.75 Å². The predicted molar refractivity (Wildman–Crippen MR) is 123 cm³/mol. The van der Waals surface area contributed by atoms with E-state index in [0.717, 1.165) is 25.2 Å². The minimum atomic E-state index is -0.0304. The molecule has 158 valence electrons. The second-order valence-corrected chi connectivity index (χ2v) is 6.88. The molecule has 1 aliphatic heterocycles. The van der Waals surface area contributed by atoms with Crippen molar-refractivity contribution in [3.63, 3.8) is 0 Å². The Balaban J connectivity index is 0.00000392. The number of hydrogen-bond donors (Lipinski definition) is 1. The zero-order chi connectivity index (χ0) is 19.5. The molecule has 1 unspecified atom stereocenters. The molecule has 1 aromatic rings. The highest BCUT2D eigenvalue weighted by molar-refractivity contribution is 14.0. The van der Waals surface area contributed by atoms with Gasteiger partial charge < -0.3 is 24.6 Å². The summed E-state index contributed by atoms with van der Waals surface area (Å²) in [5, 5.41) is 3.36. The first kappa shape index (κ1) is 24.5. The van der Waals surface area contributed by atoms with Crippen LogP contribution in [-0.2, 0) is 9.53 Å². The van der Waals surface area contributed by atoms with Gasteiger partial charge in [-0.2, -0.15) is 0 Å². The fraction of sp³-hybridized carbons (Fsp3) is 0.600. The lowest BCUT2D eigenvalue weighted by Gasteiger charge is -2.27. The van der Waals surface area contributed by atoms with Crippen molar-refractivity contribution < 1.29 is 14.3 Å². The molecule has 1 fully saturated rings. The maximum atomic E-state index is 11.9. The number of carbonyl (C=O) groups is 1. The molecule has 1 aliphatic rings.